The molecule has 0 radical (unpaired) electrons. The molecule has 25 heavy (non-hydrogen) atoms. The molecule has 1 fully saturated rings. The van der Waals surface area contributed by atoms with Crippen LogP contribution in [0.2, 0.25) is 0 Å². The Morgan fingerprint density at radius 1 is 1.36 bits per heavy atom. The summed E-state index contributed by atoms with van der Waals surface area (Å²) in [6.07, 6.45) is 0.238. The summed E-state index contributed by atoms with van der Waals surface area (Å²) < 4.78 is 0. The van der Waals surface area contributed by atoms with Crippen LogP contribution in [0, 0.1) is 19.8 Å². The fourth-order valence-electron chi connectivity index (χ4n) is 3.04. The minimum Gasteiger partial charge on any atom is -0.311 e. The summed E-state index contributed by atoms with van der Waals surface area (Å²) in [5, 5.41) is 5.43. The van der Waals surface area contributed by atoms with E-state index in [-0.39, 0.29) is 24.2 Å². The summed E-state index contributed by atoms with van der Waals surface area (Å²) in [6.45, 7) is 8.57. The van der Waals surface area contributed by atoms with Gasteiger partial charge in [-0.1, -0.05) is 31.5 Å². The Hall–Kier alpha value is -2.21. The molecule has 5 nitrogen and oxygen atoms in total. The minimum atomic E-state index is -0.348. The zero-order valence-electron chi connectivity index (χ0n) is 15.0. The van der Waals surface area contributed by atoms with Crippen LogP contribution in [0.3, 0.4) is 0 Å². The van der Waals surface area contributed by atoms with E-state index in [9.17, 15) is 9.59 Å². The first kappa shape index (κ1) is 17.6. The van der Waals surface area contributed by atoms with Gasteiger partial charge in [0.1, 0.15) is 0 Å². The van der Waals surface area contributed by atoms with Gasteiger partial charge in [0, 0.05) is 24.0 Å². The minimum absolute atomic E-state index is 0.00545. The van der Waals surface area contributed by atoms with Crippen LogP contribution in [-0.4, -0.2) is 23.3 Å². The summed E-state index contributed by atoms with van der Waals surface area (Å²) >= 11 is 1.43. The Balaban J connectivity index is 1.69. The monoisotopic (exact) mass is 357 g/mol. The van der Waals surface area contributed by atoms with E-state index in [4.69, 9.17) is 0 Å². The summed E-state index contributed by atoms with van der Waals surface area (Å²) in [4.78, 5) is 31.1. The fraction of sp³-hybridized carbons (Fsp3) is 0.421. The van der Waals surface area contributed by atoms with Crippen molar-refractivity contribution in [1.29, 1.82) is 0 Å². The van der Waals surface area contributed by atoms with Gasteiger partial charge in [0.15, 0.2) is 5.13 Å². The summed E-state index contributed by atoms with van der Waals surface area (Å²) in [5.41, 5.74) is 4.07. The van der Waals surface area contributed by atoms with Crippen LogP contribution in [0.4, 0.5) is 10.8 Å². The first-order valence-electron chi connectivity index (χ1n) is 8.49. The molecule has 0 bridgehead atoms. The zero-order valence-corrected chi connectivity index (χ0v) is 15.8. The number of aryl methyl sites for hydroxylation is 2. The Morgan fingerprint density at radius 3 is 2.76 bits per heavy atom. The maximum absolute atomic E-state index is 12.5. The second kappa shape index (κ2) is 6.96. The molecule has 1 atom stereocenters. The first-order valence-corrected chi connectivity index (χ1v) is 9.37. The van der Waals surface area contributed by atoms with Crippen molar-refractivity contribution in [3.8, 4) is 0 Å². The molecule has 132 valence electrons. The number of nitrogens with one attached hydrogen (secondary N) is 1. The molecule has 2 heterocycles. The largest absolute Gasteiger partial charge is 0.311 e. The average molecular weight is 357 g/mol. The van der Waals surface area contributed by atoms with Crippen LogP contribution >= 0.6 is 11.3 Å². The first-order chi connectivity index (χ1) is 11.8. The van der Waals surface area contributed by atoms with Gasteiger partial charge < -0.3 is 10.2 Å². The fourth-order valence-corrected chi connectivity index (χ4v) is 3.92. The van der Waals surface area contributed by atoms with E-state index < -0.39 is 0 Å². The van der Waals surface area contributed by atoms with Gasteiger partial charge in [0.05, 0.1) is 11.6 Å². The highest BCUT2D eigenvalue weighted by Gasteiger charge is 2.36. The van der Waals surface area contributed by atoms with E-state index in [0.29, 0.717) is 17.6 Å². The average Bonchev–Trinajstić information content (AvgIpc) is 3.14. The van der Waals surface area contributed by atoms with Crippen LogP contribution in [-0.2, 0) is 9.59 Å². The van der Waals surface area contributed by atoms with E-state index >= 15 is 0 Å². The van der Waals surface area contributed by atoms with Gasteiger partial charge in [-0.2, -0.15) is 0 Å². The van der Waals surface area contributed by atoms with E-state index in [1.165, 1.54) is 11.3 Å². The molecule has 2 aromatic rings. The van der Waals surface area contributed by atoms with Crippen molar-refractivity contribution in [3.63, 3.8) is 0 Å². The summed E-state index contributed by atoms with van der Waals surface area (Å²) in [5.74, 6) is -0.158. The standard InChI is InChI=1S/C19H23N3O2S/c1-11(2)15-10-25-19(20-15)21-18(24)14-8-17(23)22(9-14)16-6-5-12(3)7-13(16)4/h5-7,10-11,14H,8-9H2,1-4H3,(H,20,21,24). The van der Waals surface area contributed by atoms with Gasteiger partial charge in [-0.05, 0) is 31.4 Å². The van der Waals surface area contributed by atoms with Gasteiger partial charge in [-0.25, -0.2) is 4.98 Å². The number of hydrogen-bond acceptors (Lipinski definition) is 4. The lowest BCUT2D eigenvalue weighted by molar-refractivity contribution is -0.122. The van der Waals surface area contributed by atoms with Crippen LogP contribution in [0.5, 0.6) is 0 Å². The number of hydrogen-bond donors (Lipinski definition) is 1. The lowest BCUT2D eigenvalue weighted by atomic mass is 10.1. The molecule has 0 saturated carbocycles. The molecule has 6 heteroatoms. The number of amides is 2. The summed E-state index contributed by atoms with van der Waals surface area (Å²) in [7, 11) is 0. The van der Waals surface area contributed by atoms with Gasteiger partial charge in [0.2, 0.25) is 11.8 Å². The Morgan fingerprint density at radius 2 is 2.12 bits per heavy atom. The quantitative estimate of drug-likeness (QED) is 0.903. The molecule has 1 N–H and O–H groups in total. The third-order valence-electron chi connectivity index (χ3n) is 4.48. The Kier molecular flexibility index (Phi) is 4.90. The third kappa shape index (κ3) is 3.74. The number of benzene rings is 1. The van der Waals surface area contributed by atoms with Crippen molar-refractivity contribution >= 4 is 34.0 Å². The molecule has 1 saturated heterocycles. The maximum atomic E-state index is 12.5. The SMILES string of the molecule is Cc1ccc(N2CC(C(=O)Nc3nc(C(C)C)cs3)CC2=O)c(C)c1. The van der Waals surface area contributed by atoms with E-state index in [1.807, 2.05) is 31.4 Å². The highest BCUT2D eigenvalue weighted by atomic mass is 32.1. The molecule has 1 aromatic carbocycles. The smallest absolute Gasteiger partial charge is 0.231 e. The molecule has 1 aliphatic rings. The lowest BCUT2D eigenvalue weighted by Crippen LogP contribution is -2.28. The number of nitrogens with zero attached hydrogens (tertiary/aromatic N) is 2. The van der Waals surface area contributed by atoms with Crippen LogP contribution in [0.25, 0.3) is 0 Å². The molecular weight excluding hydrogens is 334 g/mol. The molecule has 2 amide bonds. The lowest BCUT2D eigenvalue weighted by Gasteiger charge is -2.19. The molecule has 0 spiro atoms. The van der Waals surface area contributed by atoms with Crippen LogP contribution < -0.4 is 10.2 Å². The number of aromatic nitrogens is 1. The van der Waals surface area contributed by atoms with E-state index in [0.717, 1.165) is 22.5 Å². The Labute approximate surface area is 152 Å². The second-order valence-corrected chi connectivity index (χ2v) is 7.77. The van der Waals surface area contributed by atoms with Gasteiger partial charge in [0.25, 0.3) is 0 Å². The molecule has 1 aliphatic heterocycles. The van der Waals surface area contributed by atoms with Crippen molar-refractivity contribution in [2.24, 2.45) is 5.92 Å². The van der Waals surface area contributed by atoms with Crippen molar-refractivity contribution < 1.29 is 9.59 Å². The maximum Gasteiger partial charge on any atom is 0.231 e. The van der Waals surface area contributed by atoms with E-state index in [2.05, 4.69) is 30.2 Å². The highest BCUT2D eigenvalue weighted by molar-refractivity contribution is 7.13. The number of anilines is 2. The topological polar surface area (TPSA) is 62.3 Å². The predicted octanol–water partition coefficient (Wildman–Crippen LogP) is 3.87. The van der Waals surface area contributed by atoms with Gasteiger partial charge in [-0.3, -0.25) is 9.59 Å². The second-order valence-electron chi connectivity index (χ2n) is 6.92. The van der Waals surface area contributed by atoms with Gasteiger partial charge >= 0.3 is 0 Å². The highest BCUT2D eigenvalue weighted by Crippen LogP contribution is 2.29. The van der Waals surface area contributed by atoms with Crippen molar-refractivity contribution in [3.05, 3.63) is 40.4 Å². The zero-order chi connectivity index (χ0) is 18.1. The number of thiazole rings is 1. The van der Waals surface area contributed by atoms with E-state index in [1.54, 1.807) is 4.90 Å². The van der Waals surface area contributed by atoms with Crippen molar-refractivity contribution in [2.45, 2.75) is 40.0 Å². The number of carbonyl (C=O) groups is 2. The van der Waals surface area contributed by atoms with Gasteiger partial charge in [-0.15, -0.1) is 11.3 Å². The normalized spacial score (nSPS) is 17.4. The Bertz CT molecular complexity index is 813. The molecule has 3 rings (SSSR count). The van der Waals surface area contributed by atoms with Crippen LogP contribution in [0.15, 0.2) is 23.6 Å². The molecule has 1 unspecified atom stereocenters. The predicted molar refractivity (Wildman–Crippen MR) is 101 cm³/mol. The van der Waals surface area contributed by atoms with Crippen LogP contribution in [0.1, 0.15) is 43.0 Å². The molecule has 0 aliphatic carbocycles. The molecular formula is C19H23N3O2S. The van der Waals surface area contributed by atoms with Crippen molar-refractivity contribution in [2.75, 3.05) is 16.8 Å². The summed E-state index contributed by atoms with van der Waals surface area (Å²) in [6, 6.07) is 6.00. The van der Waals surface area contributed by atoms with Crippen molar-refractivity contribution in [1.82, 2.24) is 4.98 Å². The number of rotatable bonds is 4. The molecule has 1 aromatic heterocycles. The third-order valence-corrected chi connectivity index (χ3v) is 5.26. The number of carbonyl (C=O) groups excluding carboxylic acids is 2.